The summed E-state index contributed by atoms with van der Waals surface area (Å²) >= 11 is 0. The standard InChI is InChI=1S/C15H24N4O2/c1-15(2,3)12-6-7-18(10-12)9-11-4-5-14(19(20)21)13(8-11)17-16/h4-5,8,12,17H,6-7,9-10,16H2,1-3H3. The third kappa shape index (κ3) is 3.71. The third-order valence-electron chi connectivity index (χ3n) is 4.32. The van der Waals surface area contributed by atoms with E-state index in [1.807, 2.05) is 6.07 Å². The molecule has 1 saturated heterocycles. The fraction of sp³-hybridized carbons (Fsp3) is 0.600. The number of nitrogen functional groups attached to an aromatic ring is 1. The molecule has 1 fully saturated rings. The van der Waals surface area contributed by atoms with Crippen molar-refractivity contribution in [2.24, 2.45) is 17.2 Å². The molecule has 1 aromatic rings. The number of nitrogens with one attached hydrogen (secondary N) is 1. The SMILES string of the molecule is CC(C)(C)C1CCN(Cc2ccc([N+](=O)[O-])c(NN)c2)C1. The Labute approximate surface area is 125 Å². The monoisotopic (exact) mass is 292 g/mol. The maximum Gasteiger partial charge on any atom is 0.293 e. The number of rotatable bonds is 4. The molecule has 0 spiro atoms. The molecule has 2 rings (SSSR count). The highest BCUT2D eigenvalue weighted by atomic mass is 16.6. The molecule has 116 valence electrons. The van der Waals surface area contributed by atoms with Crippen molar-refractivity contribution >= 4 is 11.4 Å². The maximum atomic E-state index is 10.9. The van der Waals surface area contributed by atoms with E-state index in [1.165, 1.54) is 12.5 Å². The van der Waals surface area contributed by atoms with Gasteiger partial charge in [-0.2, -0.15) is 0 Å². The molecule has 1 atom stereocenters. The smallest absolute Gasteiger partial charge is 0.293 e. The molecule has 1 aromatic carbocycles. The molecule has 0 radical (unpaired) electrons. The zero-order valence-corrected chi connectivity index (χ0v) is 12.9. The number of hydrazine groups is 1. The van der Waals surface area contributed by atoms with Crippen molar-refractivity contribution in [2.45, 2.75) is 33.7 Å². The minimum Gasteiger partial charge on any atom is -0.318 e. The molecule has 0 amide bonds. The Morgan fingerprint density at radius 2 is 2.19 bits per heavy atom. The number of benzene rings is 1. The third-order valence-corrected chi connectivity index (χ3v) is 4.32. The summed E-state index contributed by atoms with van der Waals surface area (Å²) in [6.45, 7) is 9.80. The predicted octanol–water partition coefficient (Wildman–Crippen LogP) is 2.75. The second-order valence-corrected chi connectivity index (χ2v) is 6.84. The van der Waals surface area contributed by atoms with Crippen molar-refractivity contribution in [3.05, 3.63) is 33.9 Å². The van der Waals surface area contributed by atoms with Gasteiger partial charge in [-0.15, -0.1) is 0 Å². The second kappa shape index (κ2) is 5.99. The van der Waals surface area contributed by atoms with Gasteiger partial charge in [0, 0.05) is 19.2 Å². The molecule has 0 aromatic heterocycles. The fourth-order valence-electron chi connectivity index (χ4n) is 2.90. The lowest BCUT2D eigenvalue weighted by atomic mass is 9.80. The van der Waals surface area contributed by atoms with Gasteiger partial charge in [-0.25, -0.2) is 0 Å². The lowest BCUT2D eigenvalue weighted by Crippen LogP contribution is -2.25. The van der Waals surface area contributed by atoms with Crippen molar-refractivity contribution in [1.82, 2.24) is 4.90 Å². The van der Waals surface area contributed by atoms with Crippen LogP contribution in [0.5, 0.6) is 0 Å². The number of nitrogens with two attached hydrogens (primary N) is 1. The number of hydrogen-bond donors (Lipinski definition) is 2. The Kier molecular flexibility index (Phi) is 4.49. The summed E-state index contributed by atoms with van der Waals surface area (Å²) in [5, 5.41) is 10.9. The Bertz CT molecular complexity index is 525. The van der Waals surface area contributed by atoms with Crippen LogP contribution < -0.4 is 11.3 Å². The van der Waals surface area contributed by atoms with Crippen LogP contribution in [0.3, 0.4) is 0 Å². The van der Waals surface area contributed by atoms with E-state index in [1.54, 1.807) is 6.07 Å². The molecule has 6 nitrogen and oxygen atoms in total. The van der Waals surface area contributed by atoms with Gasteiger partial charge in [-0.1, -0.05) is 26.8 Å². The van der Waals surface area contributed by atoms with E-state index >= 15 is 0 Å². The zero-order valence-electron chi connectivity index (χ0n) is 12.9. The lowest BCUT2D eigenvalue weighted by Gasteiger charge is -2.27. The molecule has 21 heavy (non-hydrogen) atoms. The minimum atomic E-state index is -0.426. The fourth-order valence-corrected chi connectivity index (χ4v) is 2.90. The first-order valence-corrected chi connectivity index (χ1v) is 7.27. The summed E-state index contributed by atoms with van der Waals surface area (Å²) in [6.07, 6.45) is 1.21. The number of hydrogen-bond acceptors (Lipinski definition) is 5. The van der Waals surface area contributed by atoms with Crippen LogP contribution in [0.1, 0.15) is 32.8 Å². The lowest BCUT2D eigenvalue weighted by molar-refractivity contribution is -0.384. The maximum absolute atomic E-state index is 10.9. The Hall–Kier alpha value is -1.66. The first-order valence-electron chi connectivity index (χ1n) is 7.27. The molecule has 0 bridgehead atoms. The van der Waals surface area contributed by atoms with Crippen molar-refractivity contribution in [3.63, 3.8) is 0 Å². The summed E-state index contributed by atoms with van der Waals surface area (Å²) in [5.74, 6) is 6.07. The van der Waals surface area contributed by atoms with Gasteiger partial charge >= 0.3 is 0 Å². The van der Waals surface area contributed by atoms with Gasteiger partial charge in [0.15, 0.2) is 0 Å². The number of likely N-dealkylation sites (tertiary alicyclic amines) is 1. The number of nitro groups is 1. The molecule has 3 N–H and O–H groups in total. The first-order chi connectivity index (χ1) is 9.81. The van der Waals surface area contributed by atoms with Crippen LogP contribution in [0.15, 0.2) is 18.2 Å². The van der Waals surface area contributed by atoms with Gasteiger partial charge in [-0.05, 0) is 35.9 Å². The number of anilines is 1. The molecular formula is C15H24N4O2. The molecule has 0 saturated carbocycles. The van der Waals surface area contributed by atoms with E-state index < -0.39 is 4.92 Å². The zero-order chi connectivity index (χ0) is 15.6. The predicted molar refractivity (Wildman–Crippen MR) is 83.7 cm³/mol. The molecule has 0 aliphatic carbocycles. The number of nitro benzene ring substituents is 1. The van der Waals surface area contributed by atoms with Gasteiger partial charge in [0.1, 0.15) is 5.69 Å². The average Bonchev–Trinajstić information content (AvgIpc) is 2.86. The molecule has 1 unspecified atom stereocenters. The van der Waals surface area contributed by atoms with Gasteiger partial charge in [0.25, 0.3) is 5.69 Å². The summed E-state index contributed by atoms with van der Waals surface area (Å²) in [5.41, 5.74) is 4.16. The highest BCUT2D eigenvalue weighted by Gasteiger charge is 2.31. The van der Waals surface area contributed by atoms with Crippen molar-refractivity contribution in [3.8, 4) is 0 Å². The first kappa shape index (κ1) is 15.7. The molecule has 1 heterocycles. The molecular weight excluding hydrogens is 268 g/mol. The van der Waals surface area contributed by atoms with Crippen LogP contribution >= 0.6 is 0 Å². The molecule has 1 aliphatic rings. The van der Waals surface area contributed by atoms with Gasteiger partial charge < -0.3 is 5.43 Å². The summed E-state index contributed by atoms with van der Waals surface area (Å²) in [4.78, 5) is 12.9. The number of nitrogens with zero attached hydrogens (tertiary/aromatic N) is 2. The van der Waals surface area contributed by atoms with E-state index in [2.05, 4.69) is 31.1 Å². The second-order valence-electron chi connectivity index (χ2n) is 6.84. The topological polar surface area (TPSA) is 84.4 Å². The summed E-state index contributed by atoms with van der Waals surface area (Å²) < 4.78 is 0. The van der Waals surface area contributed by atoms with Crippen LogP contribution in [0.2, 0.25) is 0 Å². The molecule has 6 heteroatoms. The highest BCUT2D eigenvalue weighted by molar-refractivity contribution is 5.62. The largest absolute Gasteiger partial charge is 0.318 e. The normalized spacial score (nSPS) is 19.7. The Morgan fingerprint density at radius 3 is 2.71 bits per heavy atom. The quantitative estimate of drug-likeness (QED) is 0.506. The van der Waals surface area contributed by atoms with E-state index in [0.717, 1.165) is 25.2 Å². The van der Waals surface area contributed by atoms with Gasteiger partial charge in [0.05, 0.1) is 4.92 Å². The van der Waals surface area contributed by atoms with Crippen LogP contribution in [-0.2, 0) is 6.54 Å². The van der Waals surface area contributed by atoms with E-state index in [-0.39, 0.29) is 5.69 Å². The Morgan fingerprint density at radius 1 is 1.48 bits per heavy atom. The van der Waals surface area contributed by atoms with Crippen LogP contribution in [0.4, 0.5) is 11.4 Å². The van der Waals surface area contributed by atoms with E-state index in [9.17, 15) is 10.1 Å². The van der Waals surface area contributed by atoms with Crippen LogP contribution in [-0.4, -0.2) is 22.9 Å². The van der Waals surface area contributed by atoms with E-state index in [0.29, 0.717) is 17.0 Å². The van der Waals surface area contributed by atoms with Gasteiger partial charge in [-0.3, -0.25) is 20.9 Å². The molecule has 1 aliphatic heterocycles. The van der Waals surface area contributed by atoms with Gasteiger partial charge in [0.2, 0.25) is 0 Å². The summed E-state index contributed by atoms with van der Waals surface area (Å²) in [6, 6.07) is 5.09. The van der Waals surface area contributed by atoms with Crippen molar-refractivity contribution in [2.75, 3.05) is 18.5 Å². The van der Waals surface area contributed by atoms with Crippen LogP contribution in [0.25, 0.3) is 0 Å². The highest BCUT2D eigenvalue weighted by Crippen LogP contribution is 2.34. The van der Waals surface area contributed by atoms with Crippen LogP contribution in [0, 0.1) is 21.4 Å². The van der Waals surface area contributed by atoms with Crippen molar-refractivity contribution < 1.29 is 4.92 Å². The van der Waals surface area contributed by atoms with E-state index in [4.69, 9.17) is 5.84 Å². The average molecular weight is 292 g/mol. The Balaban J connectivity index is 2.06. The summed E-state index contributed by atoms with van der Waals surface area (Å²) in [7, 11) is 0. The minimum absolute atomic E-state index is 0.00948. The van der Waals surface area contributed by atoms with Crippen molar-refractivity contribution in [1.29, 1.82) is 0 Å².